The van der Waals surface area contributed by atoms with E-state index < -0.39 is 0 Å². The molecule has 2 nitrogen and oxygen atoms in total. The van der Waals surface area contributed by atoms with Gasteiger partial charge in [0.05, 0.1) is 10.7 Å². The van der Waals surface area contributed by atoms with Gasteiger partial charge in [-0.2, -0.15) is 0 Å². The monoisotopic (exact) mass is 294 g/mol. The van der Waals surface area contributed by atoms with E-state index in [1.165, 1.54) is 17.7 Å². The molecule has 1 aliphatic rings. The molecule has 1 aromatic carbocycles. The molecule has 4 unspecified atom stereocenters. The van der Waals surface area contributed by atoms with Gasteiger partial charge >= 0.3 is 0 Å². The molecule has 0 aromatic heterocycles. The van der Waals surface area contributed by atoms with Crippen LogP contribution in [0.4, 0.5) is 5.69 Å². The molecule has 20 heavy (non-hydrogen) atoms. The Morgan fingerprint density at radius 2 is 2.05 bits per heavy atom. The second kappa shape index (κ2) is 6.36. The van der Waals surface area contributed by atoms with Gasteiger partial charge in [0, 0.05) is 18.6 Å². The highest BCUT2D eigenvalue weighted by Gasteiger charge is 2.31. The highest BCUT2D eigenvalue weighted by molar-refractivity contribution is 6.33. The fraction of sp³-hybridized carbons (Fsp3) is 0.647. The summed E-state index contributed by atoms with van der Waals surface area (Å²) in [5.41, 5.74) is 8.48. The van der Waals surface area contributed by atoms with E-state index in [-0.39, 0.29) is 6.04 Å². The maximum Gasteiger partial charge on any atom is 0.0642 e. The maximum absolute atomic E-state index is 6.52. The van der Waals surface area contributed by atoms with E-state index in [9.17, 15) is 0 Å². The summed E-state index contributed by atoms with van der Waals surface area (Å²) in [6.45, 7) is 10.1. The largest absolute Gasteiger partial charge is 0.367 e. The normalized spacial score (nSPS) is 28.5. The zero-order valence-electron chi connectivity index (χ0n) is 13.1. The van der Waals surface area contributed by atoms with Gasteiger partial charge in [-0.25, -0.2) is 0 Å². The predicted molar refractivity (Wildman–Crippen MR) is 88.6 cm³/mol. The molecule has 2 rings (SSSR count). The molecule has 1 fully saturated rings. The molecule has 1 aromatic rings. The third-order valence-electron chi connectivity index (χ3n) is 4.50. The number of hydrogen-bond donors (Lipinski definition) is 1. The van der Waals surface area contributed by atoms with Crippen LogP contribution in [-0.4, -0.2) is 18.6 Å². The number of halogens is 1. The van der Waals surface area contributed by atoms with Crippen molar-refractivity contribution in [2.45, 2.75) is 52.6 Å². The standard InChI is InChI=1S/C17H27ClN2/c1-11-8-12(2)14(4)20(10-11)17-15(9-13(3)19)6-5-7-16(17)18/h5-7,11-14H,8-10,19H2,1-4H3. The van der Waals surface area contributed by atoms with Crippen molar-refractivity contribution in [2.24, 2.45) is 17.6 Å². The molecule has 2 N–H and O–H groups in total. The van der Waals surface area contributed by atoms with E-state index in [1.807, 2.05) is 12.1 Å². The second-order valence-corrected chi connectivity index (χ2v) is 7.05. The quantitative estimate of drug-likeness (QED) is 0.909. The van der Waals surface area contributed by atoms with Gasteiger partial charge in [-0.1, -0.05) is 37.6 Å². The van der Waals surface area contributed by atoms with Crippen LogP contribution in [0.5, 0.6) is 0 Å². The first-order valence-electron chi connectivity index (χ1n) is 7.69. The van der Waals surface area contributed by atoms with Crippen molar-refractivity contribution in [1.29, 1.82) is 0 Å². The van der Waals surface area contributed by atoms with Gasteiger partial charge in [0.2, 0.25) is 0 Å². The van der Waals surface area contributed by atoms with E-state index in [4.69, 9.17) is 17.3 Å². The van der Waals surface area contributed by atoms with Crippen LogP contribution in [0.15, 0.2) is 18.2 Å². The van der Waals surface area contributed by atoms with Gasteiger partial charge in [0.25, 0.3) is 0 Å². The van der Waals surface area contributed by atoms with Crippen LogP contribution in [0.2, 0.25) is 5.02 Å². The van der Waals surface area contributed by atoms with Gasteiger partial charge in [-0.05, 0) is 50.2 Å². The molecule has 0 aliphatic carbocycles. The van der Waals surface area contributed by atoms with E-state index in [1.54, 1.807) is 0 Å². The highest BCUT2D eigenvalue weighted by Crippen LogP contribution is 2.37. The summed E-state index contributed by atoms with van der Waals surface area (Å²) in [6.07, 6.45) is 2.17. The van der Waals surface area contributed by atoms with Gasteiger partial charge in [0.15, 0.2) is 0 Å². The minimum Gasteiger partial charge on any atom is -0.367 e. The van der Waals surface area contributed by atoms with Crippen molar-refractivity contribution in [3.63, 3.8) is 0 Å². The number of nitrogens with zero attached hydrogens (tertiary/aromatic N) is 1. The number of rotatable bonds is 3. The first kappa shape index (κ1) is 15.7. The van der Waals surface area contributed by atoms with Crippen molar-refractivity contribution in [3.05, 3.63) is 28.8 Å². The van der Waals surface area contributed by atoms with Crippen LogP contribution in [0.25, 0.3) is 0 Å². The lowest BCUT2D eigenvalue weighted by molar-refractivity contribution is 0.296. The molecule has 1 aliphatic heterocycles. The third kappa shape index (κ3) is 3.29. The lowest BCUT2D eigenvalue weighted by atomic mass is 9.85. The predicted octanol–water partition coefficient (Wildman–Crippen LogP) is 4.10. The molecule has 3 heteroatoms. The molecule has 0 spiro atoms. The zero-order chi connectivity index (χ0) is 14.9. The molecule has 4 atom stereocenters. The molecular weight excluding hydrogens is 268 g/mol. The highest BCUT2D eigenvalue weighted by atomic mass is 35.5. The number of para-hydroxylation sites is 1. The molecule has 0 saturated carbocycles. The number of hydrogen-bond acceptors (Lipinski definition) is 2. The minimum absolute atomic E-state index is 0.155. The van der Waals surface area contributed by atoms with E-state index >= 15 is 0 Å². The number of piperidine rings is 1. The Labute approximate surface area is 128 Å². The molecule has 0 radical (unpaired) electrons. The average molecular weight is 295 g/mol. The van der Waals surface area contributed by atoms with E-state index in [0.29, 0.717) is 17.9 Å². The summed E-state index contributed by atoms with van der Waals surface area (Å²) in [7, 11) is 0. The number of anilines is 1. The molecule has 1 heterocycles. The van der Waals surface area contributed by atoms with Crippen molar-refractivity contribution in [2.75, 3.05) is 11.4 Å². The second-order valence-electron chi connectivity index (χ2n) is 6.64. The van der Waals surface area contributed by atoms with Crippen LogP contribution in [0.3, 0.4) is 0 Å². The topological polar surface area (TPSA) is 29.3 Å². The van der Waals surface area contributed by atoms with Gasteiger partial charge in [-0.15, -0.1) is 0 Å². The van der Waals surface area contributed by atoms with Crippen LogP contribution >= 0.6 is 11.6 Å². The minimum atomic E-state index is 0.155. The van der Waals surface area contributed by atoms with Crippen LogP contribution < -0.4 is 10.6 Å². The molecule has 0 amide bonds. The summed E-state index contributed by atoms with van der Waals surface area (Å²) in [5, 5.41) is 0.858. The van der Waals surface area contributed by atoms with Crippen molar-refractivity contribution < 1.29 is 0 Å². The Balaban J connectivity index is 2.39. The Morgan fingerprint density at radius 3 is 2.70 bits per heavy atom. The Bertz CT molecular complexity index is 458. The Kier molecular flexibility index (Phi) is 4.98. The smallest absolute Gasteiger partial charge is 0.0642 e. The van der Waals surface area contributed by atoms with Gasteiger partial charge < -0.3 is 10.6 Å². The third-order valence-corrected chi connectivity index (χ3v) is 4.80. The summed E-state index contributed by atoms with van der Waals surface area (Å²) in [6, 6.07) is 6.88. The van der Waals surface area contributed by atoms with Crippen LogP contribution in [0, 0.1) is 11.8 Å². The van der Waals surface area contributed by atoms with Gasteiger partial charge in [0.1, 0.15) is 0 Å². The lowest BCUT2D eigenvalue weighted by Crippen LogP contribution is -2.46. The first-order valence-corrected chi connectivity index (χ1v) is 8.07. The maximum atomic E-state index is 6.52. The number of benzene rings is 1. The summed E-state index contributed by atoms with van der Waals surface area (Å²) < 4.78 is 0. The molecule has 112 valence electrons. The average Bonchev–Trinajstić information content (AvgIpc) is 2.34. The van der Waals surface area contributed by atoms with Crippen molar-refractivity contribution in [3.8, 4) is 0 Å². The Morgan fingerprint density at radius 1 is 1.35 bits per heavy atom. The summed E-state index contributed by atoms with van der Waals surface area (Å²) in [5.74, 6) is 1.40. The number of nitrogens with two attached hydrogens (primary N) is 1. The lowest BCUT2D eigenvalue weighted by Gasteiger charge is -2.44. The van der Waals surface area contributed by atoms with E-state index in [2.05, 4.69) is 38.7 Å². The first-order chi connectivity index (χ1) is 9.40. The van der Waals surface area contributed by atoms with Crippen molar-refractivity contribution >= 4 is 17.3 Å². The SMILES string of the molecule is CC(N)Cc1cccc(Cl)c1N1CC(C)CC(C)C1C. The van der Waals surface area contributed by atoms with Crippen LogP contribution in [-0.2, 0) is 6.42 Å². The van der Waals surface area contributed by atoms with Crippen molar-refractivity contribution in [1.82, 2.24) is 0 Å². The molecule has 0 bridgehead atoms. The Hall–Kier alpha value is -0.730. The zero-order valence-corrected chi connectivity index (χ0v) is 13.8. The fourth-order valence-corrected chi connectivity index (χ4v) is 3.71. The van der Waals surface area contributed by atoms with Gasteiger partial charge in [-0.3, -0.25) is 0 Å². The summed E-state index contributed by atoms with van der Waals surface area (Å²) >= 11 is 6.52. The molecule has 1 saturated heterocycles. The van der Waals surface area contributed by atoms with Crippen LogP contribution in [0.1, 0.15) is 39.7 Å². The fourth-order valence-electron chi connectivity index (χ4n) is 3.40. The summed E-state index contributed by atoms with van der Waals surface area (Å²) in [4.78, 5) is 2.50. The molecular formula is C17H27ClN2. The van der Waals surface area contributed by atoms with E-state index in [0.717, 1.165) is 18.0 Å².